The number of amides is 1. The normalized spacial score (nSPS) is 16.7. The number of rotatable bonds is 3. The summed E-state index contributed by atoms with van der Waals surface area (Å²) in [6, 6.07) is 5.01. The first kappa shape index (κ1) is 16.2. The lowest BCUT2D eigenvalue weighted by Gasteiger charge is -2.33. The summed E-state index contributed by atoms with van der Waals surface area (Å²) < 4.78 is 31.9. The van der Waals surface area contributed by atoms with Crippen molar-refractivity contribution in [2.75, 3.05) is 26.2 Å². The molecule has 1 amide bonds. The number of aromatic nitrogens is 1. The standard InChI is InChI=1S/C14H17N3O4S2/c1-10-9-12(21-15-10)14(18)16-5-7-17(8-6-16)23(19,20)13-4-3-11(2)22-13/h3-4,9H,5-8H2,1-2H3. The summed E-state index contributed by atoms with van der Waals surface area (Å²) in [7, 11) is -3.47. The molecule has 0 aliphatic carbocycles. The largest absolute Gasteiger partial charge is 0.351 e. The third-order valence-electron chi connectivity index (χ3n) is 3.67. The number of nitrogens with zero attached hydrogens (tertiary/aromatic N) is 3. The molecule has 0 spiro atoms. The Morgan fingerprint density at radius 3 is 2.43 bits per heavy atom. The van der Waals surface area contributed by atoms with Crippen molar-refractivity contribution in [2.24, 2.45) is 0 Å². The molecule has 3 rings (SSSR count). The van der Waals surface area contributed by atoms with Crippen LogP contribution in [0.1, 0.15) is 21.1 Å². The topological polar surface area (TPSA) is 83.7 Å². The molecule has 0 aromatic carbocycles. The summed E-state index contributed by atoms with van der Waals surface area (Å²) >= 11 is 1.26. The molecule has 23 heavy (non-hydrogen) atoms. The van der Waals surface area contributed by atoms with Crippen LogP contribution in [0, 0.1) is 13.8 Å². The highest BCUT2D eigenvalue weighted by atomic mass is 32.2. The zero-order chi connectivity index (χ0) is 16.6. The minimum atomic E-state index is -3.47. The molecule has 7 nitrogen and oxygen atoms in total. The lowest BCUT2D eigenvalue weighted by molar-refractivity contribution is 0.0656. The SMILES string of the molecule is Cc1cc(C(=O)N2CCN(S(=O)(=O)c3ccc(C)s3)CC2)on1. The highest BCUT2D eigenvalue weighted by Crippen LogP contribution is 2.25. The fraction of sp³-hybridized carbons (Fsp3) is 0.429. The van der Waals surface area contributed by atoms with Crippen LogP contribution in [0.5, 0.6) is 0 Å². The van der Waals surface area contributed by atoms with Crippen molar-refractivity contribution in [3.8, 4) is 0 Å². The van der Waals surface area contributed by atoms with E-state index < -0.39 is 10.0 Å². The molecule has 2 aromatic rings. The quantitative estimate of drug-likeness (QED) is 0.833. The van der Waals surface area contributed by atoms with Gasteiger partial charge in [-0.15, -0.1) is 11.3 Å². The van der Waals surface area contributed by atoms with Gasteiger partial charge in [0.25, 0.3) is 15.9 Å². The van der Waals surface area contributed by atoms with Crippen molar-refractivity contribution in [2.45, 2.75) is 18.1 Å². The van der Waals surface area contributed by atoms with E-state index in [1.165, 1.54) is 15.6 Å². The van der Waals surface area contributed by atoms with Crippen LogP contribution in [-0.4, -0.2) is 54.9 Å². The van der Waals surface area contributed by atoms with Gasteiger partial charge in [0.1, 0.15) is 4.21 Å². The van der Waals surface area contributed by atoms with Gasteiger partial charge in [0.2, 0.25) is 5.76 Å². The van der Waals surface area contributed by atoms with Crippen LogP contribution in [0.4, 0.5) is 0 Å². The Morgan fingerprint density at radius 2 is 1.91 bits per heavy atom. The second-order valence-corrected chi connectivity index (χ2v) is 8.85. The van der Waals surface area contributed by atoms with E-state index in [9.17, 15) is 13.2 Å². The van der Waals surface area contributed by atoms with Gasteiger partial charge in [-0.2, -0.15) is 4.31 Å². The van der Waals surface area contributed by atoms with E-state index in [0.29, 0.717) is 23.0 Å². The molecule has 0 unspecified atom stereocenters. The van der Waals surface area contributed by atoms with Crippen molar-refractivity contribution in [3.05, 3.63) is 34.5 Å². The van der Waals surface area contributed by atoms with E-state index in [-0.39, 0.29) is 24.8 Å². The average molecular weight is 355 g/mol. The Labute approximate surface area is 138 Å². The first-order chi connectivity index (χ1) is 10.9. The summed E-state index contributed by atoms with van der Waals surface area (Å²) in [6.07, 6.45) is 0. The van der Waals surface area contributed by atoms with Crippen molar-refractivity contribution in [1.82, 2.24) is 14.4 Å². The molecule has 0 N–H and O–H groups in total. The Morgan fingerprint density at radius 1 is 1.22 bits per heavy atom. The molecular formula is C14H17N3O4S2. The molecule has 0 radical (unpaired) electrons. The van der Waals surface area contributed by atoms with E-state index in [0.717, 1.165) is 4.88 Å². The number of sulfonamides is 1. The van der Waals surface area contributed by atoms with Crippen molar-refractivity contribution in [3.63, 3.8) is 0 Å². The zero-order valence-electron chi connectivity index (χ0n) is 12.9. The maximum atomic E-state index is 12.6. The zero-order valence-corrected chi connectivity index (χ0v) is 14.5. The number of aryl methyl sites for hydroxylation is 2. The Bertz CT molecular complexity index is 817. The van der Waals surface area contributed by atoms with Crippen LogP contribution in [0.3, 0.4) is 0 Å². The molecule has 1 saturated heterocycles. The number of thiophene rings is 1. The fourth-order valence-electron chi connectivity index (χ4n) is 2.43. The smallest absolute Gasteiger partial charge is 0.292 e. The number of carbonyl (C=O) groups is 1. The molecule has 124 valence electrons. The van der Waals surface area contributed by atoms with Gasteiger partial charge in [0.05, 0.1) is 5.69 Å². The van der Waals surface area contributed by atoms with Crippen LogP contribution in [0.15, 0.2) is 26.9 Å². The molecule has 3 heterocycles. The average Bonchev–Trinajstić information content (AvgIpc) is 3.15. The second kappa shape index (κ2) is 6.06. The minimum absolute atomic E-state index is 0.188. The van der Waals surface area contributed by atoms with Crippen molar-refractivity contribution in [1.29, 1.82) is 0 Å². The van der Waals surface area contributed by atoms with Crippen molar-refractivity contribution < 1.29 is 17.7 Å². The molecule has 1 aliphatic rings. The Balaban J connectivity index is 1.67. The van der Waals surface area contributed by atoms with E-state index >= 15 is 0 Å². The number of hydrogen-bond donors (Lipinski definition) is 0. The fourth-order valence-corrected chi connectivity index (χ4v) is 5.29. The maximum Gasteiger partial charge on any atom is 0.292 e. The lowest BCUT2D eigenvalue weighted by atomic mass is 10.3. The molecule has 0 saturated carbocycles. The molecule has 2 aromatic heterocycles. The van der Waals surface area contributed by atoms with Crippen LogP contribution < -0.4 is 0 Å². The van der Waals surface area contributed by atoms with Crippen LogP contribution in [0.25, 0.3) is 0 Å². The van der Waals surface area contributed by atoms with Gasteiger partial charge in [-0.05, 0) is 26.0 Å². The monoisotopic (exact) mass is 355 g/mol. The Hall–Kier alpha value is -1.71. The van der Waals surface area contributed by atoms with Gasteiger partial charge in [0, 0.05) is 37.1 Å². The molecule has 1 aliphatic heterocycles. The Kier molecular flexibility index (Phi) is 4.26. The van der Waals surface area contributed by atoms with Gasteiger partial charge in [0.15, 0.2) is 0 Å². The van der Waals surface area contributed by atoms with E-state index in [2.05, 4.69) is 5.16 Å². The predicted molar refractivity (Wildman–Crippen MR) is 85.0 cm³/mol. The highest BCUT2D eigenvalue weighted by Gasteiger charge is 2.32. The van der Waals surface area contributed by atoms with E-state index in [4.69, 9.17) is 4.52 Å². The van der Waals surface area contributed by atoms with Gasteiger partial charge in [-0.3, -0.25) is 4.79 Å². The van der Waals surface area contributed by atoms with Gasteiger partial charge >= 0.3 is 0 Å². The van der Waals surface area contributed by atoms with Gasteiger partial charge in [-0.25, -0.2) is 8.42 Å². The van der Waals surface area contributed by atoms with Crippen molar-refractivity contribution >= 4 is 27.3 Å². The number of carbonyl (C=O) groups excluding carboxylic acids is 1. The van der Waals surface area contributed by atoms with E-state index in [1.54, 1.807) is 30.0 Å². The summed E-state index contributed by atoms with van der Waals surface area (Å²) in [4.78, 5) is 14.8. The van der Waals surface area contributed by atoms with Gasteiger partial charge < -0.3 is 9.42 Å². The third-order valence-corrected chi connectivity index (χ3v) is 7.04. The first-order valence-electron chi connectivity index (χ1n) is 7.17. The van der Waals surface area contributed by atoms with Crippen LogP contribution in [-0.2, 0) is 10.0 Å². The van der Waals surface area contributed by atoms with Gasteiger partial charge in [-0.1, -0.05) is 5.16 Å². The number of piperazine rings is 1. The molecule has 0 atom stereocenters. The predicted octanol–water partition coefficient (Wildman–Crippen LogP) is 1.50. The third kappa shape index (κ3) is 3.17. The molecule has 1 fully saturated rings. The molecule has 0 bridgehead atoms. The maximum absolute atomic E-state index is 12.6. The lowest BCUT2D eigenvalue weighted by Crippen LogP contribution is -2.50. The summed E-state index contributed by atoms with van der Waals surface area (Å²) in [5.41, 5.74) is 0.641. The van der Waals surface area contributed by atoms with E-state index in [1.807, 2.05) is 6.92 Å². The second-order valence-electron chi connectivity index (χ2n) is 5.39. The highest BCUT2D eigenvalue weighted by molar-refractivity contribution is 7.91. The first-order valence-corrected chi connectivity index (χ1v) is 9.43. The molecule has 9 heteroatoms. The van der Waals surface area contributed by atoms with Crippen LogP contribution in [0.2, 0.25) is 0 Å². The minimum Gasteiger partial charge on any atom is -0.351 e. The molecular weight excluding hydrogens is 338 g/mol. The van der Waals surface area contributed by atoms with Crippen LogP contribution >= 0.6 is 11.3 Å². The number of hydrogen-bond acceptors (Lipinski definition) is 6. The summed E-state index contributed by atoms with van der Waals surface area (Å²) in [6.45, 7) is 4.84. The summed E-state index contributed by atoms with van der Waals surface area (Å²) in [5.74, 6) is -0.0673. The summed E-state index contributed by atoms with van der Waals surface area (Å²) in [5, 5.41) is 3.70.